The van der Waals surface area contributed by atoms with Crippen molar-refractivity contribution in [3.05, 3.63) is 29.8 Å². The van der Waals surface area contributed by atoms with Gasteiger partial charge in [0.15, 0.2) is 0 Å². The molecule has 1 heterocycles. The first-order chi connectivity index (χ1) is 10.5. The second kappa shape index (κ2) is 7.40. The Kier molecular flexibility index (Phi) is 5.55. The summed E-state index contributed by atoms with van der Waals surface area (Å²) in [7, 11) is 0. The summed E-state index contributed by atoms with van der Waals surface area (Å²) in [6.45, 7) is 6.93. The Balaban J connectivity index is 2.09. The lowest BCUT2D eigenvalue weighted by Crippen LogP contribution is -2.41. The molecule has 5 heteroatoms. The van der Waals surface area contributed by atoms with E-state index < -0.39 is 0 Å². The summed E-state index contributed by atoms with van der Waals surface area (Å²) in [4.78, 5) is 26.4. The monoisotopic (exact) mass is 304 g/mol. The number of nitrogens with zero attached hydrogens (tertiary/aromatic N) is 1. The van der Waals surface area contributed by atoms with Crippen LogP contribution in [0.5, 0.6) is 0 Å². The van der Waals surface area contributed by atoms with Crippen molar-refractivity contribution in [1.82, 2.24) is 5.32 Å². The van der Waals surface area contributed by atoms with Crippen LogP contribution in [0.3, 0.4) is 0 Å². The van der Waals surface area contributed by atoms with E-state index in [2.05, 4.69) is 5.32 Å². The number of hydrogen-bond acceptors (Lipinski definition) is 3. The number of fused-ring (bicyclic) bond motifs is 1. The zero-order chi connectivity index (χ0) is 16.1. The van der Waals surface area contributed by atoms with Gasteiger partial charge in [-0.15, -0.1) is 0 Å². The maximum atomic E-state index is 12.5. The van der Waals surface area contributed by atoms with Crippen LogP contribution in [0.4, 0.5) is 5.69 Å². The van der Waals surface area contributed by atoms with Crippen molar-refractivity contribution in [2.24, 2.45) is 0 Å². The molecule has 0 fully saturated rings. The van der Waals surface area contributed by atoms with Crippen molar-refractivity contribution in [1.29, 1.82) is 0 Å². The number of anilines is 1. The lowest BCUT2D eigenvalue weighted by molar-refractivity contribution is -0.119. The molecule has 2 rings (SSSR count). The van der Waals surface area contributed by atoms with Crippen molar-refractivity contribution in [2.75, 3.05) is 18.1 Å². The summed E-state index contributed by atoms with van der Waals surface area (Å²) in [5.41, 5.74) is 1.25. The van der Waals surface area contributed by atoms with Crippen molar-refractivity contribution in [3.8, 4) is 0 Å². The smallest absolute Gasteiger partial charge is 0.253 e. The Hall–Kier alpha value is -1.88. The lowest BCUT2D eigenvalue weighted by atomic mass is 10.1. The average Bonchev–Trinajstić information content (AvgIpc) is 2.60. The van der Waals surface area contributed by atoms with E-state index in [1.54, 1.807) is 11.0 Å². The van der Waals surface area contributed by atoms with E-state index in [1.165, 1.54) is 0 Å². The average molecular weight is 304 g/mol. The van der Waals surface area contributed by atoms with Gasteiger partial charge >= 0.3 is 0 Å². The maximum absolute atomic E-state index is 12.5. The van der Waals surface area contributed by atoms with Gasteiger partial charge in [0.1, 0.15) is 0 Å². The van der Waals surface area contributed by atoms with Gasteiger partial charge in [-0.3, -0.25) is 9.59 Å². The molecule has 22 heavy (non-hydrogen) atoms. The number of para-hydroxylation sites is 1. The highest BCUT2D eigenvalue weighted by Crippen LogP contribution is 2.24. The number of carbonyl (C=O) groups excluding carboxylic acids is 2. The van der Waals surface area contributed by atoms with Gasteiger partial charge in [0.2, 0.25) is 5.91 Å². The van der Waals surface area contributed by atoms with Gasteiger partial charge < -0.3 is 15.0 Å². The normalized spacial score (nSPS) is 17.9. The van der Waals surface area contributed by atoms with Crippen LogP contribution in [0, 0.1) is 0 Å². The van der Waals surface area contributed by atoms with Gasteiger partial charge in [-0.2, -0.15) is 0 Å². The number of ether oxygens (including phenoxy) is 1. The molecule has 0 radical (unpaired) electrons. The number of amides is 2. The quantitative estimate of drug-likeness (QED) is 0.850. The number of benzene rings is 1. The molecule has 0 bridgehead atoms. The second-order valence-corrected chi connectivity index (χ2v) is 5.92. The molecule has 5 nitrogen and oxygen atoms in total. The largest absolute Gasteiger partial charge is 0.379 e. The van der Waals surface area contributed by atoms with E-state index in [4.69, 9.17) is 4.74 Å². The zero-order valence-corrected chi connectivity index (χ0v) is 13.5. The highest BCUT2D eigenvalue weighted by Gasteiger charge is 2.27. The van der Waals surface area contributed by atoms with E-state index in [9.17, 15) is 9.59 Å². The fourth-order valence-electron chi connectivity index (χ4n) is 2.53. The highest BCUT2D eigenvalue weighted by molar-refractivity contribution is 6.05. The summed E-state index contributed by atoms with van der Waals surface area (Å²) >= 11 is 0. The number of hydrogen-bond donors (Lipinski definition) is 1. The van der Waals surface area contributed by atoms with Crippen molar-refractivity contribution >= 4 is 17.5 Å². The van der Waals surface area contributed by atoms with Gasteiger partial charge in [-0.05, 0) is 39.3 Å². The summed E-state index contributed by atoms with van der Waals surface area (Å²) in [5.74, 6) is -0.0929. The first-order valence-electron chi connectivity index (χ1n) is 7.81. The van der Waals surface area contributed by atoms with Gasteiger partial charge in [0, 0.05) is 25.6 Å². The van der Waals surface area contributed by atoms with E-state index in [1.807, 2.05) is 39.0 Å². The van der Waals surface area contributed by atoms with Crippen LogP contribution in [-0.4, -0.2) is 37.1 Å². The Morgan fingerprint density at radius 3 is 2.86 bits per heavy atom. The fraction of sp³-hybridized carbons (Fsp3) is 0.529. The Morgan fingerprint density at radius 2 is 2.14 bits per heavy atom. The van der Waals surface area contributed by atoms with Crippen molar-refractivity contribution < 1.29 is 14.3 Å². The Labute approximate surface area is 131 Å². The molecule has 0 unspecified atom stereocenters. The van der Waals surface area contributed by atoms with E-state index in [0.717, 1.165) is 0 Å². The molecule has 1 aromatic carbocycles. The molecule has 120 valence electrons. The third-order valence-corrected chi connectivity index (χ3v) is 3.56. The first-order valence-corrected chi connectivity index (χ1v) is 7.81. The minimum absolute atomic E-state index is 0.0307. The molecular formula is C17H24N2O3. The molecule has 2 amide bonds. The van der Waals surface area contributed by atoms with Crippen LogP contribution in [-0.2, 0) is 9.53 Å². The topological polar surface area (TPSA) is 58.6 Å². The summed E-state index contributed by atoms with van der Waals surface area (Å²) < 4.78 is 5.47. The standard InChI is InChI=1S/C17H24N2O3/c1-12(2)22-10-6-9-16(20)19-11-13(3)18-17(21)14-7-4-5-8-15(14)19/h4-5,7-8,12-13H,6,9-11H2,1-3H3,(H,18,21)/t13-/m0/s1. The molecule has 0 aromatic heterocycles. The minimum Gasteiger partial charge on any atom is -0.379 e. The van der Waals surface area contributed by atoms with E-state index in [-0.39, 0.29) is 24.0 Å². The Morgan fingerprint density at radius 1 is 1.41 bits per heavy atom. The zero-order valence-electron chi connectivity index (χ0n) is 13.5. The number of rotatable bonds is 5. The molecule has 1 N–H and O–H groups in total. The van der Waals surface area contributed by atoms with E-state index in [0.29, 0.717) is 37.2 Å². The molecule has 0 saturated heterocycles. The third-order valence-electron chi connectivity index (χ3n) is 3.56. The Bertz CT molecular complexity index is 542. The summed E-state index contributed by atoms with van der Waals surface area (Å²) in [6.07, 6.45) is 1.28. The van der Waals surface area contributed by atoms with Gasteiger partial charge in [0.25, 0.3) is 5.91 Å². The molecule has 0 spiro atoms. The number of nitrogens with one attached hydrogen (secondary N) is 1. The second-order valence-electron chi connectivity index (χ2n) is 5.92. The van der Waals surface area contributed by atoms with Crippen LogP contribution in [0.15, 0.2) is 24.3 Å². The molecule has 1 aromatic rings. The first kappa shape index (κ1) is 16.5. The van der Waals surface area contributed by atoms with Crippen molar-refractivity contribution in [2.45, 2.75) is 45.8 Å². The fourth-order valence-corrected chi connectivity index (χ4v) is 2.53. The van der Waals surface area contributed by atoms with Gasteiger partial charge in [-0.25, -0.2) is 0 Å². The minimum atomic E-state index is -0.124. The summed E-state index contributed by atoms with van der Waals surface area (Å²) in [6, 6.07) is 7.17. The molecular weight excluding hydrogens is 280 g/mol. The lowest BCUT2D eigenvalue weighted by Gasteiger charge is -2.24. The van der Waals surface area contributed by atoms with Crippen LogP contribution in [0.2, 0.25) is 0 Å². The van der Waals surface area contributed by atoms with E-state index >= 15 is 0 Å². The molecule has 0 aliphatic carbocycles. The number of carbonyl (C=O) groups is 2. The predicted molar refractivity (Wildman–Crippen MR) is 86.0 cm³/mol. The predicted octanol–water partition coefficient (Wildman–Crippen LogP) is 2.36. The summed E-state index contributed by atoms with van der Waals surface area (Å²) in [5, 5.41) is 2.91. The van der Waals surface area contributed by atoms with Crippen molar-refractivity contribution in [3.63, 3.8) is 0 Å². The van der Waals surface area contributed by atoms with Crippen LogP contribution in [0.25, 0.3) is 0 Å². The SMILES string of the molecule is CC(C)OCCCC(=O)N1C[C@H](C)NC(=O)c2ccccc21. The van der Waals surface area contributed by atoms with Gasteiger partial charge in [-0.1, -0.05) is 12.1 Å². The maximum Gasteiger partial charge on any atom is 0.253 e. The molecule has 1 aliphatic rings. The van der Waals surface area contributed by atoms with Crippen LogP contribution in [0.1, 0.15) is 44.0 Å². The third kappa shape index (κ3) is 4.07. The van der Waals surface area contributed by atoms with Crippen LogP contribution < -0.4 is 10.2 Å². The molecule has 1 aliphatic heterocycles. The van der Waals surface area contributed by atoms with Gasteiger partial charge in [0.05, 0.1) is 17.4 Å². The van der Waals surface area contributed by atoms with Crippen LogP contribution >= 0.6 is 0 Å². The molecule has 1 atom stereocenters. The molecule has 0 saturated carbocycles. The highest BCUT2D eigenvalue weighted by atomic mass is 16.5.